The number of benzene rings is 2. The van der Waals surface area contributed by atoms with Crippen LogP contribution in [0.4, 0.5) is 0 Å². The Kier molecular flexibility index (Phi) is 6.40. The molecule has 1 atom stereocenters. The summed E-state index contributed by atoms with van der Waals surface area (Å²) in [6.07, 6.45) is -0.995. The van der Waals surface area contributed by atoms with Gasteiger partial charge in [-0.15, -0.1) is 12.4 Å². The molecule has 1 unspecified atom stereocenters. The molecule has 0 bridgehead atoms. The lowest BCUT2D eigenvalue weighted by Crippen LogP contribution is -2.09. The van der Waals surface area contributed by atoms with Crippen molar-refractivity contribution in [3.63, 3.8) is 0 Å². The SMILES string of the molecule is Cl.NCP(=O)(O)OC(c1ccccc1)c1ccccc1. The molecule has 20 heavy (non-hydrogen) atoms. The van der Waals surface area contributed by atoms with Crippen molar-refractivity contribution in [3.05, 3.63) is 71.8 Å². The summed E-state index contributed by atoms with van der Waals surface area (Å²) >= 11 is 0. The van der Waals surface area contributed by atoms with Crippen molar-refractivity contribution in [1.29, 1.82) is 0 Å². The Morgan fingerprint density at radius 1 is 1.00 bits per heavy atom. The van der Waals surface area contributed by atoms with Crippen LogP contribution in [0.25, 0.3) is 0 Å². The molecule has 0 fully saturated rings. The average molecular weight is 314 g/mol. The van der Waals surface area contributed by atoms with E-state index >= 15 is 0 Å². The molecule has 0 heterocycles. The average Bonchev–Trinajstić information content (AvgIpc) is 2.47. The fourth-order valence-electron chi connectivity index (χ4n) is 1.78. The summed E-state index contributed by atoms with van der Waals surface area (Å²) in [5.41, 5.74) is 6.90. The summed E-state index contributed by atoms with van der Waals surface area (Å²) in [6, 6.07) is 18.6. The monoisotopic (exact) mass is 313 g/mol. The number of nitrogens with two attached hydrogens (primary N) is 1. The molecule has 0 aliphatic carbocycles. The molecule has 2 aromatic rings. The standard InChI is InChI=1S/C14H16NO3P.ClH/c15-11-19(16,17)18-14(12-7-3-1-4-8-12)13-9-5-2-6-10-13;/h1-10,14H,11,15H2,(H,16,17);1H. The zero-order chi connectivity index (χ0) is 13.7. The van der Waals surface area contributed by atoms with Crippen LogP contribution in [0.15, 0.2) is 60.7 Å². The van der Waals surface area contributed by atoms with Gasteiger partial charge in [0.2, 0.25) is 0 Å². The highest BCUT2D eigenvalue weighted by atomic mass is 35.5. The van der Waals surface area contributed by atoms with Crippen molar-refractivity contribution in [3.8, 4) is 0 Å². The summed E-state index contributed by atoms with van der Waals surface area (Å²) in [5.74, 6) is 0. The van der Waals surface area contributed by atoms with E-state index in [4.69, 9.17) is 10.3 Å². The van der Waals surface area contributed by atoms with E-state index in [1.807, 2.05) is 60.7 Å². The molecule has 0 amide bonds. The van der Waals surface area contributed by atoms with Gasteiger partial charge in [0, 0.05) is 0 Å². The minimum atomic E-state index is -3.78. The normalized spacial score (nSPS) is 13.6. The largest absolute Gasteiger partial charge is 0.342 e. The topological polar surface area (TPSA) is 72.6 Å². The maximum Gasteiger partial charge on any atom is 0.342 e. The van der Waals surface area contributed by atoms with E-state index in [0.29, 0.717) is 0 Å². The van der Waals surface area contributed by atoms with Gasteiger partial charge < -0.3 is 10.6 Å². The van der Waals surface area contributed by atoms with Crippen molar-refractivity contribution >= 4 is 20.0 Å². The Bertz CT molecular complexity index is 526. The van der Waals surface area contributed by atoms with Crippen LogP contribution < -0.4 is 5.73 Å². The van der Waals surface area contributed by atoms with Crippen LogP contribution in [0.5, 0.6) is 0 Å². The third-order valence-electron chi connectivity index (χ3n) is 2.71. The number of rotatable bonds is 5. The lowest BCUT2D eigenvalue weighted by atomic mass is 10.0. The first-order valence-electron chi connectivity index (χ1n) is 5.92. The lowest BCUT2D eigenvalue weighted by Gasteiger charge is -2.21. The molecule has 108 valence electrons. The lowest BCUT2D eigenvalue weighted by molar-refractivity contribution is 0.208. The fourth-order valence-corrected chi connectivity index (χ4v) is 2.44. The van der Waals surface area contributed by atoms with Gasteiger partial charge in [-0.25, -0.2) is 0 Å². The summed E-state index contributed by atoms with van der Waals surface area (Å²) in [7, 11) is -3.78. The predicted octanol–water partition coefficient (Wildman–Crippen LogP) is 3.32. The Morgan fingerprint density at radius 3 is 1.75 bits per heavy atom. The smallest absolute Gasteiger partial charge is 0.323 e. The van der Waals surface area contributed by atoms with Gasteiger partial charge >= 0.3 is 7.60 Å². The zero-order valence-electron chi connectivity index (χ0n) is 10.8. The molecule has 0 aliphatic heterocycles. The van der Waals surface area contributed by atoms with Crippen molar-refractivity contribution in [1.82, 2.24) is 0 Å². The van der Waals surface area contributed by atoms with Gasteiger partial charge in [0.05, 0.1) is 6.29 Å². The molecule has 3 N–H and O–H groups in total. The molecular weight excluding hydrogens is 297 g/mol. The molecular formula is C14H17ClNO3P. The molecule has 6 heteroatoms. The first kappa shape index (κ1) is 16.9. The molecule has 0 radical (unpaired) electrons. The third-order valence-corrected chi connectivity index (χ3v) is 3.71. The third kappa shape index (κ3) is 4.44. The molecule has 2 rings (SSSR count). The molecule has 2 aromatic carbocycles. The van der Waals surface area contributed by atoms with Gasteiger partial charge in [-0.2, -0.15) is 0 Å². The van der Waals surface area contributed by atoms with E-state index < -0.39 is 20.0 Å². The maximum atomic E-state index is 11.7. The van der Waals surface area contributed by atoms with Crippen LogP contribution in [0, 0.1) is 0 Å². The second kappa shape index (κ2) is 7.58. The number of hydrogen-bond donors (Lipinski definition) is 2. The van der Waals surface area contributed by atoms with Gasteiger partial charge in [-0.1, -0.05) is 60.7 Å². The van der Waals surface area contributed by atoms with Crippen molar-refractivity contribution < 1.29 is 14.0 Å². The van der Waals surface area contributed by atoms with Crippen molar-refractivity contribution in [2.24, 2.45) is 5.73 Å². The highest BCUT2D eigenvalue weighted by Crippen LogP contribution is 2.46. The fraction of sp³-hybridized carbons (Fsp3) is 0.143. The van der Waals surface area contributed by atoms with Crippen molar-refractivity contribution in [2.75, 3.05) is 6.29 Å². The summed E-state index contributed by atoms with van der Waals surface area (Å²) in [4.78, 5) is 9.62. The Balaban J connectivity index is 0.00000200. The van der Waals surface area contributed by atoms with Crippen LogP contribution in [-0.2, 0) is 9.09 Å². The minimum absolute atomic E-state index is 0. The van der Waals surface area contributed by atoms with E-state index in [1.54, 1.807) is 0 Å². The number of hydrogen-bond acceptors (Lipinski definition) is 3. The predicted molar refractivity (Wildman–Crippen MR) is 81.9 cm³/mol. The van der Waals surface area contributed by atoms with Crippen molar-refractivity contribution in [2.45, 2.75) is 6.10 Å². The highest BCUT2D eigenvalue weighted by Gasteiger charge is 2.25. The quantitative estimate of drug-likeness (QED) is 0.831. The van der Waals surface area contributed by atoms with Gasteiger partial charge in [-0.3, -0.25) is 9.09 Å². The summed E-state index contributed by atoms with van der Waals surface area (Å²) in [5, 5.41) is 0. The highest BCUT2D eigenvalue weighted by molar-refractivity contribution is 7.52. The summed E-state index contributed by atoms with van der Waals surface area (Å²) < 4.78 is 17.1. The van der Waals surface area contributed by atoms with Gasteiger partial charge in [0.15, 0.2) is 0 Å². The Labute approximate surface area is 124 Å². The molecule has 0 saturated carbocycles. The molecule has 0 spiro atoms. The van der Waals surface area contributed by atoms with E-state index in [1.165, 1.54) is 0 Å². The van der Waals surface area contributed by atoms with Crippen LogP contribution in [0.1, 0.15) is 17.2 Å². The van der Waals surface area contributed by atoms with Gasteiger partial charge in [0.25, 0.3) is 0 Å². The maximum absolute atomic E-state index is 11.7. The van der Waals surface area contributed by atoms with E-state index in [2.05, 4.69) is 0 Å². The molecule has 4 nitrogen and oxygen atoms in total. The van der Waals surface area contributed by atoms with Gasteiger partial charge in [0.1, 0.15) is 6.10 Å². The van der Waals surface area contributed by atoms with Crippen LogP contribution in [0.2, 0.25) is 0 Å². The molecule has 0 saturated heterocycles. The Hall–Kier alpha value is -1.16. The van der Waals surface area contributed by atoms with Crippen LogP contribution in [0.3, 0.4) is 0 Å². The number of halogens is 1. The van der Waals surface area contributed by atoms with Crippen LogP contribution >= 0.6 is 20.0 Å². The molecule has 0 aromatic heterocycles. The second-order valence-electron chi connectivity index (χ2n) is 4.13. The van der Waals surface area contributed by atoms with Crippen LogP contribution in [-0.4, -0.2) is 11.2 Å². The second-order valence-corrected chi connectivity index (χ2v) is 5.98. The summed E-state index contributed by atoms with van der Waals surface area (Å²) in [6.45, 7) is 0. The first-order valence-corrected chi connectivity index (χ1v) is 7.69. The molecule has 0 aliphatic rings. The zero-order valence-corrected chi connectivity index (χ0v) is 12.5. The van der Waals surface area contributed by atoms with E-state index in [-0.39, 0.29) is 12.4 Å². The Morgan fingerprint density at radius 2 is 1.40 bits per heavy atom. The van der Waals surface area contributed by atoms with E-state index in [0.717, 1.165) is 11.1 Å². The van der Waals surface area contributed by atoms with E-state index in [9.17, 15) is 9.46 Å². The van der Waals surface area contributed by atoms with Gasteiger partial charge in [-0.05, 0) is 11.1 Å². The first-order chi connectivity index (χ1) is 9.12. The minimum Gasteiger partial charge on any atom is -0.323 e.